The van der Waals surface area contributed by atoms with Crippen LogP contribution in [0.4, 0.5) is 11.4 Å². The van der Waals surface area contributed by atoms with E-state index in [0.717, 1.165) is 12.1 Å². The molecule has 106 valence electrons. The van der Waals surface area contributed by atoms with Gasteiger partial charge in [-0.25, -0.2) is 0 Å². The monoisotopic (exact) mass is 273 g/mol. The summed E-state index contributed by atoms with van der Waals surface area (Å²) in [4.78, 5) is 10.5. The van der Waals surface area contributed by atoms with E-state index in [2.05, 4.69) is 19.2 Å². The number of nitro benzene ring substituents is 1. The molecular weight excluding hydrogens is 254 g/mol. The van der Waals surface area contributed by atoms with Crippen molar-refractivity contribution in [2.45, 2.75) is 39.2 Å². The lowest BCUT2D eigenvalue weighted by atomic mass is 9.78. The normalized spacial score (nSPS) is 25.8. The number of rotatable bonds is 3. The first-order valence-corrected chi connectivity index (χ1v) is 6.98. The van der Waals surface area contributed by atoms with E-state index in [1.165, 1.54) is 25.0 Å². The van der Waals surface area contributed by atoms with Crippen molar-refractivity contribution >= 4 is 11.4 Å². The van der Waals surface area contributed by atoms with Crippen molar-refractivity contribution in [1.82, 2.24) is 0 Å². The summed E-state index contributed by atoms with van der Waals surface area (Å²) in [6.07, 6.45) is 3.51. The van der Waals surface area contributed by atoms with Gasteiger partial charge in [0.15, 0.2) is 0 Å². The van der Waals surface area contributed by atoms with Crippen molar-refractivity contribution in [1.29, 1.82) is 5.26 Å². The Morgan fingerprint density at radius 1 is 1.40 bits per heavy atom. The van der Waals surface area contributed by atoms with Gasteiger partial charge < -0.3 is 5.32 Å². The molecular formula is C15H19N3O2. The zero-order valence-electron chi connectivity index (χ0n) is 11.8. The van der Waals surface area contributed by atoms with Crippen molar-refractivity contribution in [3.8, 4) is 6.07 Å². The highest BCUT2D eigenvalue weighted by Gasteiger charge is 2.27. The molecule has 1 aliphatic rings. The van der Waals surface area contributed by atoms with Crippen LogP contribution < -0.4 is 5.32 Å². The van der Waals surface area contributed by atoms with Gasteiger partial charge in [0, 0.05) is 17.8 Å². The van der Waals surface area contributed by atoms with Crippen LogP contribution >= 0.6 is 0 Å². The molecule has 1 aliphatic carbocycles. The van der Waals surface area contributed by atoms with Crippen LogP contribution in [0.15, 0.2) is 18.2 Å². The Morgan fingerprint density at radius 2 is 2.15 bits per heavy atom. The summed E-state index contributed by atoms with van der Waals surface area (Å²) in [5.41, 5.74) is 0.696. The first-order valence-electron chi connectivity index (χ1n) is 6.98. The molecule has 0 aromatic heterocycles. The second-order valence-corrected chi connectivity index (χ2v) is 5.62. The Kier molecular flexibility index (Phi) is 4.23. The minimum atomic E-state index is -0.503. The van der Waals surface area contributed by atoms with E-state index >= 15 is 0 Å². The molecule has 0 bridgehead atoms. The van der Waals surface area contributed by atoms with Gasteiger partial charge in [0.25, 0.3) is 5.69 Å². The van der Waals surface area contributed by atoms with E-state index in [-0.39, 0.29) is 11.3 Å². The Balaban J connectivity index is 2.20. The first-order chi connectivity index (χ1) is 9.52. The second-order valence-electron chi connectivity index (χ2n) is 5.62. The van der Waals surface area contributed by atoms with Gasteiger partial charge in [-0.1, -0.05) is 26.7 Å². The van der Waals surface area contributed by atoms with E-state index in [9.17, 15) is 10.1 Å². The third-order valence-electron chi connectivity index (χ3n) is 4.37. The third kappa shape index (κ3) is 2.90. The molecule has 0 spiro atoms. The zero-order chi connectivity index (χ0) is 14.7. The van der Waals surface area contributed by atoms with E-state index in [1.54, 1.807) is 6.07 Å². The molecule has 3 atom stereocenters. The topological polar surface area (TPSA) is 79.0 Å². The molecule has 0 heterocycles. The summed E-state index contributed by atoms with van der Waals surface area (Å²) in [6.45, 7) is 4.47. The maximum Gasteiger partial charge on any atom is 0.289 e. The van der Waals surface area contributed by atoms with Gasteiger partial charge in [0.1, 0.15) is 11.6 Å². The molecule has 1 saturated carbocycles. The van der Waals surface area contributed by atoms with Crippen molar-refractivity contribution in [2.24, 2.45) is 11.8 Å². The van der Waals surface area contributed by atoms with Crippen LogP contribution in [0.2, 0.25) is 0 Å². The average Bonchev–Trinajstić information content (AvgIpc) is 2.43. The number of anilines is 1. The number of nitrogens with one attached hydrogen (secondary N) is 1. The largest absolute Gasteiger partial charge is 0.382 e. The van der Waals surface area contributed by atoms with Gasteiger partial charge in [-0.15, -0.1) is 0 Å². The molecule has 2 rings (SSSR count). The fraction of sp³-hybridized carbons (Fsp3) is 0.533. The van der Waals surface area contributed by atoms with E-state index in [1.807, 2.05) is 6.07 Å². The highest BCUT2D eigenvalue weighted by atomic mass is 16.6. The van der Waals surface area contributed by atoms with E-state index in [0.29, 0.717) is 17.9 Å². The molecule has 1 N–H and O–H groups in total. The standard InChI is InChI=1S/C15H19N3O2/c1-10-4-3-5-14(11(10)2)17-13-7-6-12(9-16)15(8-13)18(19)20/h6-8,10-11,14,17H,3-5H2,1-2H3. The molecule has 3 unspecified atom stereocenters. The summed E-state index contributed by atoms with van der Waals surface area (Å²) in [5.74, 6) is 1.20. The Morgan fingerprint density at radius 3 is 2.80 bits per heavy atom. The lowest BCUT2D eigenvalue weighted by Gasteiger charge is -2.35. The van der Waals surface area contributed by atoms with Crippen molar-refractivity contribution < 1.29 is 4.92 Å². The van der Waals surface area contributed by atoms with Gasteiger partial charge in [-0.3, -0.25) is 10.1 Å². The smallest absolute Gasteiger partial charge is 0.289 e. The Bertz CT molecular complexity index is 551. The number of nitriles is 1. The van der Waals surface area contributed by atoms with Gasteiger partial charge in [-0.05, 0) is 30.4 Å². The molecule has 20 heavy (non-hydrogen) atoms. The maximum atomic E-state index is 11.0. The second kappa shape index (κ2) is 5.91. The Labute approximate surface area is 118 Å². The van der Waals surface area contributed by atoms with Gasteiger partial charge in [-0.2, -0.15) is 5.26 Å². The predicted molar refractivity (Wildman–Crippen MR) is 77.4 cm³/mol. The van der Waals surface area contributed by atoms with Crippen molar-refractivity contribution in [3.05, 3.63) is 33.9 Å². The number of hydrogen-bond donors (Lipinski definition) is 1. The number of hydrogen-bond acceptors (Lipinski definition) is 4. The van der Waals surface area contributed by atoms with Crippen LogP contribution in [0, 0.1) is 33.3 Å². The lowest BCUT2D eigenvalue weighted by Crippen LogP contribution is -2.35. The average molecular weight is 273 g/mol. The lowest BCUT2D eigenvalue weighted by molar-refractivity contribution is -0.385. The first kappa shape index (κ1) is 14.3. The highest BCUT2D eigenvalue weighted by Crippen LogP contribution is 2.32. The van der Waals surface area contributed by atoms with Crippen LogP contribution in [-0.2, 0) is 0 Å². The molecule has 0 amide bonds. The van der Waals surface area contributed by atoms with Crippen molar-refractivity contribution in [3.63, 3.8) is 0 Å². The summed E-state index contributed by atoms with van der Waals surface area (Å²) in [5, 5.41) is 23.2. The molecule has 1 fully saturated rings. The van der Waals surface area contributed by atoms with E-state index < -0.39 is 4.92 Å². The summed E-state index contributed by atoms with van der Waals surface area (Å²) in [6, 6.07) is 6.92. The van der Waals surface area contributed by atoms with E-state index in [4.69, 9.17) is 5.26 Å². The predicted octanol–water partition coefficient (Wildman–Crippen LogP) is 3.70. The molecule has 5 heteroatoms. The van der Waals surface area contributed by atoms with Gasteiger partial charge in [0.05, 0.1) is 4.92 Å². The van der Waals surface area contributed by atoms with Crippen LogP contribution in [0.25, 0.3) is 0 Å². The molecule has 0 aliphatic heterocycles. The molecule has 1 aromatic rings. The third-order valence-corrected chi connectivity index (χ3v) is 4.37. The number of benzene rings is 1. The van der Waals surface area contributed by atoms with Crippen LogP contribution in [-0.4, -0.2) is 11.0 Å². The number of nitro groups is 1. The Hall–Kier alpha value is -2.09. The van der Waals surface area contributed by atoms with Gasteiger partial charge >= 0.3 is 0 Å². The molecule has 5 nitrogen and oxygen atoms in total. The molecule has 0 radical (unpaired) electrons. The summed E-state index contributed by atoms with van der Waals surface area (Å²) in [7, 11) is 0. The van der Waals surface area contributed by atoms with Crippen LogP contribution in [0.1, 0.15) is 38.7 Å². The number of nitrogens with zero attached hydrogens (tertiary/aromatic N) is 2. The quantitative estimate of drug-likeness (QED) is 0.672. The molecule has 1 aromatic carbocycles. The summed E-state index contributed by atoms with van der Waals surface area (Å²) < 4.78 is 0. The molecule has 0 saturated heterocycles. The van der Waals surface area contributed by atoms with Crippen LogP contribution in [0.3, 0.4) is 0 Å². The van der Waals surface area contributed by atoms with Crippen LogP contribution in [0.5, 0.6) is 0 Å². The SMILES string of the molecule is CC1CCCC(Nc2ccc(C#N)c([N+](=O)[O-])c2)C1C. The summed E-state index contributed by atoms with van der Waals surface area (Å²) >= 11 is 0. The fourth-order valence-electron chi connectivity index (χ4n) is 2.87. The van der Waals surface area contributed by atoms with Crippen molar-refractivity contribution in [2.75, 3.05) is 5.32 Å². The minimum Gasteiger partial charge on any atom is -0.382 e. The zero-order valence-corrected chi connectivity index (χ0v) is 11.8. The maximum absolute atomic E-state index is 11.0. The highest BCUT2D eigenvalue weighted by molar-refractivity contribution is 5.59. The van der Waals surface area contributed by atoms with Gasteiger partial charge in [0.2, 0.25) is 0 Å². The minimum absolute atomic E-state index is 0.102. The fourth-order valence-corrected chi connectivity index (χ4v) is 2.87.